The molecule has 1 atom stereocenters. The van der Waals surface area contributed by atoms with Crippen molar-refractivity contribution >= 4 is 24.1 Å². The summed E-state index contributed by atoms with van der Waals surface area (Å²) in [5, 5.41) is 0. The van der Waals surface area contributed by atoms with Crippen molar-refractivity contribution in [3.8, 4) is 11.5 Å². The Balaban J connectivity index is 3.03. The summed E-state index contributed by atoms with van der Waals surface area (Å²) in [5.41, 5.74) is 5.39. The lowest BCUT2D eigenvalue weighted by Gasteiger charge is -2.26. The van der Waals surface area contributed by atoms with E-state index in [1.165, 1.54) is 19.2 Å². The van der Waals surface area contributed by atoms with Gasteiger partial charge in [-0.25, -0.2) is 4.79 Å². The zero-order valence-electron chi connectivity index (χ0n) is 23.3. The summed E-state index contributed by atoms with van der Waals surface area (Å²) in [5.74, 6) is -1.07. The third-order valence-corrected chi connectivity index (χ3v) is 5.72. The molecule has 0 aliphatic rings. The summed E-state index contributed by atoms with van der Waals surface area (Å²) < 4.78 is 25.9. The molecule has 0 heterocycles. The van der Waals surface area contributed by atoms with Crippen LogP contribution in [0.5, 0.6) is 11.5 Å². The van der Waals surface area contributed by atoms with E-state index < -0.39 is 29.6 Å². The van der Waals surface area contributed by atoms with Crippen LogP contribution in [0.3, 0.4) is 0 Å². The number of rotatable bonds is 17. The fraction of sp³-hybridized carbons (Fsp3) is 0.643. The first-order chi connectivity index (χ1) is 18.0. The van der Waals surface area contributed by atoms with Gasteiger partial charge in [0.15, 0.2) is 11.5 Å². The molecule has 0 aliphatic heterocycles. The zero-order chi connectivity index (χ0) is 28.6. The maximum atomic E-state index is 12.6. The number of esters is 3. The fourth-order valence-electron chi connectivity index (χ4n) is 3.38. The van der Waals surface area contributed by atoms with Gasteiger partial charge in [-0.05, 0) is 42.9 Å². The molecule has 0 bridgehead atoms. The van der Waals surface area contributed by atoms with Gasteiger partial charge in [-0.15, -0.1) is 0 Å². The van der Waals surface area contributed by atoms with Gasteiger partial charge in [0.1, 0.15) is 5.54 Å². The number of methoxy groups -OCH3 is 1. The highest BCUT2D eigenvalue weighted by Gasteiger charge is 2.36. The van der Waals surface area contributed by atoms with Crippen LogP contribution < -0.4 is 15.2 Å². The van der Waals surface area contributed by atoms with Crippen molar-refractivity contribution in [1.82, 2.24) is 0 Å². The molecule has 0 unspecified atom stereocenters. The zero-order valence-corrected chi connectivity index (χ0v) is 23.3. The maximum absolute atomic E-state index is 12.6. The molecule has 0 saturated carbocycles. The minimum atomic E-state index is -1.55. The lowest BCUT2D eigenvalue weighted by Crippen LogP contribution is -2.51. The van der Waals surface area contributed by atoms with E-state index in [-0.39, 0.29) is 50.4 Å². The Kier molecular flexibility index (Phi) is 15.0. The second-order valence-electron chi connectivity index (χ2n) is 9.64. The van der Waals surface area contributed by atoms with Crippen LogP contribution >= 0.6 is 0 Å². The molecule has 214 valence electrons. The summed E-state index contributed by atoms with van der Waals surface area (Å²) in [6.07, 6.45) is 3.21. The average molecular weight is 538 g/mol. The van der Waals surface area contributed by atoms with Gasteiger partial charge in [0.25, 0.3) is 0 Å². The smallest absolute Gasteiger partial charge is 0.468 e. The second kappa shape index (κ2) is 17.4. The molecular weight excluding hydrogens is 494 g/mol. The molecule has 0 spiro atoms. The molecule has 0 radical (unpaired) electrons. The predicted octanol–water partition coefficient (Wildman–Crippen LogP) is 4.88. The highest BCUT2D eigenvalue weighted by Crippen LogP contribution is 2.31. The fourth-order valence-corrected chi connectivity index (χ4v) is 3.38. The lowest BCUT2D eigenvalue weighted by atomic mass is 9.88. The van der Waals surface area contributed by atoms with E-state index in [0.717, 1.165) is 12.8 Å². The lowest BCUT2D eigenvalue weighted by molar-refractivity contribution is -0.147. The number of nitrogens with two attached hydrogens (primary N) is 1. The SMILES string of the molecule is CCCCC(=O)Oc1ccc(C[C@](N)(CCOC(=O)OCCC(C)C)C(=O)OC)cc1OC(=O)CCCC. The third kappa shape index (κ3) is 12.4. The molecule has 2 N–H and O–H groups in total. The minimum absolute atomic E-state index is 0.0188. The Labute approximate surface area is 225 Å². The van der Waals surface area contributed by atoms with Crippen molar-refractivity contribution in [2.75, 3.05) is 20.3 Å². The van der Waals surface area contributed by atoms with Gasteiger partial charge in [-0.1, -0.05) is 46.6 Å². The third-order valence-electron chi connectivity index (χ3n) is 5.72. The van der Waals surface area contributed by atoms with Crippen LogP contribution in [-0.2, 0) is 35.0 Å². The first kappa shape index (κ1) is 32.9. The van der Waals surface area contributed by atoms with E-state index in [9.17, 15) is 19.2 Å². The molecule has 0 amide bonds. The van der Waals surface area contributed by atoms with E-state index in [4.69, 9.17) is 29.4 Å². The molecule has 0 saturated heterocycles. The van der Waals surface area contributed by atoms with Crippen molar-refractivity contribution in [2.45, 2.75) is 91.0 Å². The minimum Gasteiger partial charge on any atom is -0.468 e. The maximum Gasteiger partial charge on any atom is 0.508 e. The molecule has 38 heavy (non-hydrogen) atoms. The van der Waals surface area contributed by atoms with Crippen LogP contribution in [-0.4, -0.2) is 49.9 Å². The molecular formula is C28H43NO9. The number of hydrogen-bond acceptors (Lipinski definition) is 10. The van der Waals surface area contributed by atoms with Crippen molar-refractivity contribution in [3.05, 3.63) is 23.8 Å². The number of hydrogen-bond donors (Lipinski definition) is 1. The average Bonchev–Trinajstić information content (AvgIpc) is 2.86. The molecule has 0 fully saturated rings. The highest BCUT2D eigenvalue weighted by atomic mass is 16.7. The van der Waals surface area contributed by atoms with Gasteiger partial charge in [0, 0.05) is 25.7 Å². The largest absolute Gasteiger partial charge is 0.508 e. The molecule has 1 aromatic carbocycles. The van der Waals surface area contributed by atoms with E-state index in [0.29, 0.717) is 30.7 Å². The van der Waals surface area contributed by atoms with Gasteiger partial charge >= 0.3 is 24.1 Å². The molecule has 0 aliphatic carbocycles. The molecule has 0 aromatic heterocycles. The van der Waals surface area contributed by atoms with Crippen molar-refractivity contribution in [1.29, 1.82) is 0 Å². The number of carbonyl (C=O) groups is 4. The first-order valence-corrected chi connectivity index (χ1v) is 13.3. The number of benzene rings is 1. The van der Waals surface area contributed by atoms with Crippen LogP contribution in [0.4, 0.5) is 4.79 Å². The van der Waals surface area contributed by atoms with Crippen molar-refractivity contribution in [2.24, 2.45) is 11.7 Å². The Bertz CT molecular complexity index is 916. The Morgan fingerprint density at radius 1 is 0.895 bits per heavy atom. The van der Waals surface area contributed by atoms with E-state index in [2.05, 4.69) is 0 Å². The van der Waals surface area contributed by atoms with Crippen LogP contribution in [0.2, 0.25) is 0 Å². The quantitative estimate of drug-likeness (QED) is 0.216. The van der Waals surface area contributed by atoms with Crippen LogP contribution in [0.25, 0.3) is 0 Å². The van der Waals surface area contributed by atoms with Gasteiger partial charge in [0.05, 0.1) is 20.3 Å². The highest BCUT2D eigenvalue weighted by molar-refractivity contribution is 5.81. The van der Waals surface area contributed by atoms with Crippen LogP contribution in [0, 0.1) is 5.92 Å². The summed E-state index contributed by atoms with van der Waals surface area (Å²) in [7, 11) is 1.21. The topological polar surface area (TPSA) is 140 Å². The Morgan fingerprint density at radius 3 is 2.03 bits per heavy atom. The summed E-state index contributed by atoms with van der Waals surface area (Å²) in [6, 6.07) is 4.64. The normalized spacial score (nSPS) is 12.4. The molecule has 10 heteroatoms. The monoisotopic (exact) mass is 537 g/mol. The summed E-state index contributed by atoms with van der Waals surface area (Å²) >= 11 is 0. The second-order valence-corrected chi connectivity index (χ2v) is 9.64. The number of unbranched alkanes of at least 4 members (excludes halogenated alkanes) is 2. The van der Waals surface area contributed by atoms with Gasteiger partial charge in [0.2, 0.25) is 0 Å². The molecule has 10 nitrogen and oxygen atoms in total. The van der Waals surface area contributed by atoms with E-state index in [1.54, 1.807) is 6.07 Å². The Hall–Kier alpha value is -3.14. The standard InChI is InChI=1S/C28H43NO9/c1-6-8-10-24(30)37-22-13-12-21(18-23(22)38-25(31)11-9-7-2)19-28(29,26(32)34-5)15-17-36-27(33)35-16-14-20(3)4/h12-13,18,20H,6-11,14-17,19,29H2,1-5H3/t28-/m1/s1. The Morgan fingerprint density at radius 2 is 1.47 bits per heavy atom. The van der Waals surface area contributed by atoms with E-state index >= 15 is 0 Å². The first-order valence-electron chi connectivity index (χ1n) is 13.3. The van der Waals surface area contributed by atoms with Crippen molar-refractivity contribution in [3.63, 3.8) is 0 Å². The summed E-state index contributed by atoms with van der Waals surface area (Å²) in [6.45, 7) is 8.00. The van der Waals surface area contributed by atoms with Gasteiger partial charge < -0.3 is 29.4 Å². The number of carbonyl (C=O) groups excluding carboxylic acids is 4. The van der Waals surface area contributed by atoms with E-state index in [1.807, 2.05) is 27.7 Å². The number of ether oxygens (including phenoxy) is 5. The molecule has 1 rings (SSSR count). The van der Waals surface area contributed by atoms with Gasteiger partial charge in [-0.2, -0.15) is 0 Å². The van der Waals surface area contributed by atoms with Crippen LogP contribution in [0.1, 0.15) is 84.6 Å². The summed E-state index contributed by atoms with van der Waals surface area (Å²) in [4.78, 5) is 48.9. The van der Waals surface area contributed by atoms with Gasteiger partial charge in [-0.3, -0.25) is 14.4 Å². The van der Waals surface area contributed by atoms with Crippen LogP contribution in [0.15, 0.2) is 18.2 Å². The van der Waals surface area contributed by atoms with Crippen molar-refractivity contribution < 1.29 is 42.9 Å². The molecule has 1 aromatic rings. The predicted molar refractivity (Wildman–Crippen MR) is 141 cm³/mol.